The van der Waals surface area contributed by atoms with E-state index < -0.39 is 29.2 Å². The molecule has 0 atom stereocenters. The van der Waals surface area contributed by atoms with Crippen molar-refractivity contribution in [1.82, 2.24) is 0 Å². The number of carbonyl (C=O) groups is 1. The van der Waals surface area contributed by atoms with E-state index in [1.54, 1.807) is 13.8 Å². The summed E-state index contributed by atoms with van der Waals surface area (Å²) >= 11 is 0. The molecule has 3 N–H and O–H groups in total. The Morgan fingerprint density at radius 3 is 2.67 bits per heavy atom. The van der Waals surface area contributed by atoms with Crippen LogP contribution in [-0.2, 0) is 4.74 Å². The molecule has 0 aliphatic rings. The largest absolute Gasteiger partial charge is 0.505 e. The summed E-state index contributed by atoms with van der Waals surface area (Å²) in [6.07, 6.45) is -0.391. The summed E-state index contributed by atoms with van der Waals surface area (Å²) in [4.78, 5) is 11.4. The van der Waals surface area contributed by atoms with Gasteiger partial charge in [-0.15, -0.1) is 0 Å². The van der Waals surface area contributed by atoms with Gasteiger partial charge in [0.15, 0.2) is 5.75 Å². The number of esters is 1. The molecule has 0 amide bonds. The number of phenolic OH excluding ortho intramolecular Hbond substituents is 1. The molecule has 1 aromatic carbocycles. The second-order valence-corrected chi connectivity index (χ2v) is 3.31. The Morgan fingerprint density at radius 2 is 2.13 bits per heavy atom. The Hall–Kier alpha value is -1.78. The van der Waals surface area contributed by atoms with Gasteiger partial charge in [-0.3, -0.25) is 0 Å². The number of aromatic hydroxyl groups is 1. The van der Waals surface area contributed by atoms with Crippen LogP contribution in [0.5, 0.6) is 5.75 Å². The average Bonchev–Trinajstić information content (AvgIpc) is 2.11. The zero-order valence-corrected chi connectivity index (χ0v) is 8.45. The van der Waals surface area contributed by atoms with Gasteiger partial charge in [0, 0.05) is 0 Å². The summed E-state index contributed by atoms with van der Waals surface area (Å²) < 4.78 is 18.0. The van der Waals surface area contributed by atoms with E-state index in [1.807, 2.05) is 0 Å². The van der Waals surface area contributed by atoms with Crippen molar-refractivity contribution in [1.29, 1.82) is 0 Å². The topological polar surface area (TPSA) is 72.5 Å². The highest BCUT2D eigenvalue weighted by Crippen LogP contribution is 2.28. The number of hydrogen-bond donors (Lipinski definition) is 2. The van der Waals surface area contributed by atoms with Crippen molar-refractivity contribution in [2.75, 3.05) is 5.73 Å². The van der Waals surface area contributed by atoms with E-state index in [0.717, 1.165) is 6.07 Å². The van der Waals surface area contributed by atoms with Gasteiger partial charge in [-0.05, 0) is 26.0 Å². The lowest BCUT2D eigenvalue weighted by molar-refractivity contribution is 0.0369. The fourth-order valence-electron chi connectivity index (χ4n) is 1.05. The third-order valence-electron chi connectivity index (χ3n) is 1.71. The Kier molecular flexibility index (Phi) is 3.14. The van der Waals surface area contributed by atoms with Crippen LogP contribution >= 0.6 is 0 Å². The number of benzene rings is 1. The first-order valence-electron chi connectivity index (χ1n) is 4.41. The molecule has 0 aliphatic heterocycles. The van der Waals surface area contributed by atoms with Crippen molar-refractivity contribution < 1.29 is 19.0 Å². The number of ether oxygens (including phenoxy) is 1. The summed E-state index contributed by atoms with van der Waals surface area (Å²) in [5.74, 6) is -2.36. The quantitative estimate of drug-likeness (QED) is 0.445. The van der Waals surface area contributed by atoms with Crippen molar-refractivity contribution in [2.45, 2.75) is 20.0 Å². The fraction of sp³-hybridized carbons (Fsp3) is 0.300. The number of anilines is 1. The zero-order chi connectivity index (χ0) is 11.6. The minimum absolute atomic E-state index is 0.0629. The maximum Gasteiger partial charge on any atom is 0.345 e. The highest BCUT2D eigenvalue weighted by molar-refractivity contribution is 5.94. The van der Waals surface area contributed by atoms with Crippen LogP contribution < -0.4 is 5.73 Å². The molecule has 0 saturated heterocycles. The molecule has 0 heterocycles. The van der Waals surface area contributed by atoms with Gasteiger partial charge in [-0.1, -0.05) is 0 Å². The van der Waals surface area contributed by atoms with E-state index in [9.17, 15) is 14.3 Å². The lowest BCUT2D eigenvalue weighted by Crippen LogP contribution is -2.13. The van der Waals surface area contributed by atoms with Crippen LogP contribution in [0.1, 0.15) is 24.2 Å². The van der Waals surface area contributed by atoms with Gasteiger partial charge < -0.3 is 15.6 Å². The SMILES string of the molecule is CC(C)OC(=O)c1c(F)ccc(N)c1O. The number of hydrogen-bond acceptors (Lipinski definition) is 4. The lowest BCUT2D eigenvalue weighted by Gasteiger charge is -2.10. The Morgan fingerprint density at radius 1 is 1.53 bits per heavy atom. The third kappa shape index (κ3) is 2.37. The molecule has 0 aromatic heterocycles. The molecule has 0 saturated carbocycles. The molecule has 1 aromatic rings. The molecule has 0 unspecified atom stereocenters. The lowest BCUT2D eigenvalue weighted by atomic mass is 10.1. The maximum absolute atomic E-state index is 13.2. The molecule has 0 bridgehead atoms. The molecular weight excluding hydrogens is 201 g/mol. The van der Waals surface area contributed by atoms with E-state index in [4.69, 9.17) is 10.5 Å². The van der Waals surface area contributed by atoms with Crippen LogP contribution in [-0.4, -0.2) is 17.2 Å². The number of carbonyl (C=O) groups excluding carboxylic acids is 1. The van der Waals surface area contributed by atoms with E-state index in [2.05, 4.69) is 0 Å². The van der Waals surface area contributed by atoms with Gasteiger partial charge in [0.1, 0.15) is 11.4 Å². The van der Waals surface area contributed by atoms with E-state index in [-0.39, 0.29) is 5.69 Å². The molecule has 0 spiro atoms. The minimum atomic E-state index is -0.924. The van der Waals surface area contributed by atoms with Crippen molar-refractivity contribution in [2.24, 2.45) is 0 Å². The molecule has 5 heteroatoms. The number of nitrogens with two attached hydrogens (primary N) is 1. The van der Waals surface area contributed by atoms with Crippen LogP contribution in [0, 0.1) is 5.82 Å². The number of rotatable bonds is 2. The van der Waals surface area contributed by atoms with Gasteiger partial charge in [0.25, 0.3) is 0 Å². The van der Waals surface area contributed by atoms with E-state index >= 15 is 0 Å². The normalized spacial score (nSPS) is 10.4. The van der Waals surface area contributed by atoms with Crippen molar-refractivity contribution in [3.63, 3.8) is 0 Å². The first kappa shape index (κ1) is 11.3. The molecule has 82 valence electrons. The van der Waals surface area contributed by atoms with Crippen LogP contribution in [0.15, 0.2) is 12.1 Å². The Balaban J connectivity index is 3.13. The average molecular weight is 213 g/mol. The van der Waals surface area contributed by atoms with Gasteiger partial charge in [-0.25, -0.2) is 9.18 Å². The van der Waals surface area contributed by atoms with Gasteiger partial charge in [0.2, 0.25) is 0 Å². The predicted molar refractivity (Wildman–Crippen MR) is 53.0 cm³/mol. The Bertz CT molecular complexity index is 390. The third-order valence-corrected chi connectivity index (χ3v) is 1.71. The molecule has 0 radical (unpaired) electrons. The number of phenols is 1. The van der Waals surface area contributed by atoms with Crippen molar-refractivity contribution in [3.8, 4) is 5.75 Å². The predicted octanol–water partition coefficient (Wildman–Crippen LogP) is 1.68. The van der Waals surface area contributed by atoms with Crippen molar-refractivity contribution in [3.05, 3.63) is 23.5 Å². The molecule has 0 fully saturated rings. The number of halogens is 1. The summed E-state index contributed by atoms with van der Waals surface area (Å²) in [7, 11) is 0. The summed E-state index contributed by atoms with van der Waals surface area (Å²) in [6, 6.07) is 2.18. The highest BCUT2D eigenvalue weighted by Gasteiger charge is 2.21. The second kappa shape index (κ2) is 4.16. The van der Waals surface area contributed by atoms with Crippen LogP contribution in [0.2, 0.25) is 0 Å². The molecule has 1 rings (SSSR count). The minimum Gasteiger partial charge on any atom is -0.505 e. The zero-order valence-electron chi connectivity index (χ0n) is 8.45. The van der Waals surface area contributed by atoms with E-state index in [0.29, 0.717) is 0 Å². The molecule has 4 nitrogen and oxygen atoms in total. The summed E-state index contributed by atoms with van der Waals surface area (Å²) in [5.41, 5.74) is 4.75. The molecular formula is C10H12FNO3. The maximum atomic E-state index is 13.2. The fourth-order valence-corrected chi connectivity index (χ4v) is 1.05. The summed E-state index contributed by atoms with van der Waals surface area (Å²) in [5, 5.41) is 9.40. The van der Waals surface area contributed by atoms with Gasteiger partial charge in [-0.2, -0.15) is 0 Å². The number of nitrogen functional groups attached to an aromatic ring is 1. The monoisotopic (exact) mass is 213 g/mol. The highest BCUT2D eigenvalue weighted by atomic mass is 19.1. The van der Waals surface area contributed by atoms with Crippen LogP contribution in [0.4, 0.5) is 10.1 Å². The Labute approximate surface area is 86.5 Å². The van der Waals surface area contributed by atoms with Gasteiger partial charge >= 0.3 is 5.97 Å². The van der Waals surface area contributed by atoms with E-state index in [1.165, 1.54) is 6.07 Å². The molecule has 15 heavy (non-hydrogen) atoms. The van der Waals surface area contributed by atoms with Crippen LogP contribution in [0.3, 0.4) is 0 Å². The summed E-state index contributed by atoms with van der Waals surface area (Å²) in [6.45, 7) is 3.25. The first-order valence-corrected chi connectivity index (χ1v) is 4.41. The standard InChI is InChI=1S/C10H12FNO3/c1-5(2)15-10(14)8-6(11)3-4-7(12)9(8)13/h3-5,13H,12H2,1-2H3. The van der Waals surface area contributed by atoms with Crippen molar-refractivity contribution >= 4 is 11.7 Å². The smallest absolute Gasteiger partial charge is 0.345 e. The molecule has 0 aliphatic carbocycles. The first-order chi connectivity index (χ1) is 6.93. The van der Waals surface area contributed by atoms with Gasteiger partial charge in [0.05, 0.1) is 11.8 Å². The second-order valence-electron chi connectivity index (χ2n) is 3.31. The van der Waals surface area contributed by atoms with Crippen LogP contribution in [0.25, 0.3) is 0 Å².